The zero-order valence-corrected chi connectivity index (χ0v) is 18.5. The summed E-state index contributed by atoms with van der Waals surface area (Å²) in [4.78, 5) is 36.3. The predicted molar refractivity (Wildman–Crippen MR) is 119 cm³/mol. The van der Waals surface area contributed by atoms with Gasteiger partial charge in [-0.05, 0) is 54.7 Å². The van der Waals surface area contributed by atoms with Crippen LogP contribution in [0.25, 0.3) is 0 Å². The van der Waals surface area contributed by atoms with Crippen molar-refractivity contribution in [2.75, 3.05) is 5.32 Å². The number of benzene rings is 2. The van der Waals surface area contributed by atoms with Crippen LogP contribution in [0.4, 0.5) is 5.69 Å². The van der Waals surface area contributed by atoms with Gasteiger partial charge in [0, 0.05) is 18.2 Å². The summed E-state index contributed by atoms with van der Waals surface area (Å²) >= 11 is 0. The van der Waals surface area contributed by atoms with E-state index < -0.39 is 6.04 Å². The molecular formula is C24H31N3O3. The van der Waals surface area contributed by atoms with Gasteiger partial charge in [0.2, 0.25) is 11.8 Å². The molecule has 0 bridgehead atoms. The van der Waals surface area contributed by atoms with Crippen LogP contribution in [0.2, 0.25) is 0 Å². The largest absolute Gasteiger partial charge is 0.348 e. The Hall–Kier alpha value is -3.15. The number of nitrogens with one attached hydrogen (secondary N) is 3. The average Bonchev–Trinajstić information content (AvgIpc) is 2.67. The van der Waals surface area contributed by atoms with Crippen molar-refractivity contribution in [3.05, 3.63) is 65.2 Å². The van der Waals surface area contributed by atoms with Crippen molar-refractivity contribution in [1.29, 1.82) is 0 Å². The molecule has 6 heteroatoms. The van der Waals surface area contributed by atoms with E-state index in [9.17, 15) is 14.4 Å². The van der Waals surface area contributed by atoms with Gasteiger partial charge in [-0.1, -0.05) is 45.0 Å². The third-order valence-electron chi connectivity index (χ3n) is 4.82. The first-order valence-corrected chi connectivity index (χ1v) is 10.1. The molecule has 0 aliphatic rings. The second kappa shape index (κ2) is 9.57. The Morgan fingerprint density at radius 1 is 0.900 bits per heavy atom. The maximum absolute atomic E-state index is 12.5. The van der Waals surface area contributed by atoms with Gasteiger partial charge in [0.05, 0.1) is 6.04 Å². The Kier molecular flexibility index (Phi) is 7.38. The molecule has 0 aliphatic heterocycles. The highest BCUT2D eigenvalue weighted by atomic mass is 16.2. The minimum absolute atomic E-state index is 0.00949. The van der Waals surface area contributed by atoms with E-state index in [4.69, 9.17) is 0 Å². The molecule has 0 heterocycles. The maximum atomic E-state index is 12.5. The molecule has 0 radical (unpaired) electrons. The molecular weight excluding hydrogens is 378 g/mol. The fraction of sp³-hybridized carbons (Fsp3) is 0.375. The second-order valence-corrected chi connectivity index (χ2v) is 8.56. The van der Waals surface area contributed by atoms with Crippen LogP contribution in [0.3, 0.4) is 0 Å². The van der Waals surface area contributed by atoms with Crippen LogP contribution in [0.5, 0.6) is 0 Å². The van der Waals surface area contributed by atoms with Crippen LogP contribution < -0.4 is 16.0 Å². The number of carbonyl (C=O) groups is 3. The van der Waals surface area contributed by atoms with Gasteiger partial charge in [0.1, 0.15) is 6.04 Å². The van der Waals surface area contributed by atoms with Gasteiger partial charge in [-0.2, -0.15) is 0 Å². The van der Waals surface area contributed by atoms with Crippen LogP contribution >= 0.6 is 0 Å². The second-order valence-electron chi connectivity index (χ2n) is 8.56. The van der Waals surface area contributed by atoms with E-state index in [0.29, 0.717) is 11.3 Å². The van der Waals surface area contributed by atoms with E-state index in [1.54, 1.807) is 25.1 Å². The molecule has 160 valence electrons. The van der Waals surface area contributed by atoms with Crippen molar-refractivity contribution in [2.45, 2.75) is 59.0 Å². The highest BCUT2D eigenvalue weighted by Gasteiger charge is 2.20. The number of anilines is 1. The summed E-state index contributed by atoms with van der Waals surface area (Å²) < 4.78 is 0. The number of hydrogen-bond acceptors (Lipinski definition) is 3. The van der Waals surface area contributed by atoms with Crippen LogP contribution in [-0.2, 0) is 15.0 Å². The fourth-order valence-corrected chi connectivity index (χ4v) is 2.98. The standard InChI is InChI=1S/C24H31N3O3/c1-15(19-8-7-9-21(14-19)27-17(3)28)25-22(29)16(2)26-23(30)18-10-12-20(13-11-18)24(4,5)6/h7-16H,1-6H3,(H,25,29)(H,26,30)(H,27,28). The van der Waals surface area contributed by atoms with Crippen molar-refractivity contribution in [2.24, 2.45) is 0 Å². The van der Waals surface area contributed by atoms with Crippen molar-refractivity contribution in [3.63, 3.8) is 0 Å². The molecule has 0 saturated carbocycles. The summed E-state index contributed by atoms with van der Waals surface area (Å²) in [6.45, 7) is 11.3. The highest BCUT2D eigenvalue weighted by molar-refractivity contribution is 5.97. The van der Waals surface area contributed by atoms with Crippen LogP contribution in [-0.4, -0.2) is 23.8 Å². The Bertz CT molecular complexity index is 914. The molecule has 2 unspecified atom stereocenters. The van der Waals surface area contributed by atoms with Crippen LogP contribution in [0.15, 0.2) is 48.5 Å². The zero-order valence-electron chi connectivity index (χ0n) is 18.5. The highest BCUT2D eigenvalue weighted by Crippen LogP contribution is 2.22. The maximum Gasteiger partial charge on any atom is 0.251 e. The van der Waals surface area contributed by atoms with Gasteiger partial charge < -0.3 is 16.0 Å². The predicted octanol–water partition coefficient (Wildman–Crippen LogP) is 3.94. The van der Waals surface area contributed by atoms with Gasteiger partial charge in [-0.15, -0.1) is 0 Å². The van der Waals surface area contributed by atoms with Crippen LogP contribution in [0.1, 0.15) is 69.1 Å². The van der Waals surface area contributed by atoms with E-state index in [2.05, 4.69) is 36.7 Å². The molecule has 0 spiro atoms. The minimum Gasteiger partial charge on any atom is -0.348 e. The van der Waals surface area contributed by atoms with E-state index in [1.807, 2.05) is 37.3 Å². The summed E-state index contributed by atoms with van der Waals surface area (Å²) in [6, 6.07) is 13.7. The van der Waals surface area contributed by atoms with E-state index in [1.165, 1.54) is 6.92 Å². The molecule has 2 atom stereocenters. The topological polar surface area (TPSA) is 87.3 Å². The molecule has 2 aromatic carbocycles. The van der Waals surface area contributed by atoms with Crippen molar-refractivity contribution >= 4 is 23.4 Å². The van der Waals surface area contributed by atoms with Gasteiger partial charge in [0.15, 0.2) is 0 Å². The minimum atomic E-state index is -0.694. The lowest BCUT2D eigenvalue weighted by Crippen LogP contribution is -2.45. The monoisotopic (exact) mass is 409 g/mol. The van der Waals surface area contributed by atoms with Crippen molar-refractivity contribution in [3.8, 4) is 0 Å². The third-order valence-corrected chi connectivity index (χ3v) is 4.82. The Morgan fingerprint density at radius 3 is 2.10 bits per heavy atom. The summed E-state index contributed by atoms with van der Waals surface area (Å²) in [5.41, 5.74) is 3.18. The summed E-state index contributed by atoms with van der Waals surface area (Å²) in [5.74, 6) is -0.735. The van der Waals surface area contributed by atoms with Crippen LogP contribution in [0, 0.1) is 0 Å². The smallest absolute Gasteiger partial charge is 0.251 e. The first-order chi connectivity index (χ1) is 14.0. The summed E-state index contributed by atoms with van der Waals surface area (Å²) in [5, 5.41) is 8.36. The zero-order chi connectivity index (χ0) is 22.5. The van der Waals surface area contributed by atoms with Crippen molar-refractivity contribution < 1.29 is 14.4 Å². The molecule has 30 heavy (non-hydrogen) atoms. The third kappa shape index (κ3) is 6.44. The lowest BCUT2D eigenvalue weighted by molar-refractivity contribution is -0.123. The fourth-order valence-electron chi connectivity index (χ4n) is 2.98. The van der Waals surface area contributed by atoms with Gasteiger partial charge in [0.25, 0.3) is 5.91 Å². The first kappa shape index (κ1) is 23.1. The number of rotatable bonds is 6. The summed E-state index contributed by atoms with van der Waals surface area (Å²) in [7, 11) is 0. The van der Waals surface area contributed by atoms with Gasteiger partial charge >= 0.3 is 0 Å². The molecule has 3 N–H and O–H groups in total. The molecule has 3 amide bonds. The lowest BCUT2D eigenvalue weighted by atomic mass is 9.86. The Morgan fingerprint density at radius 2 is 1.53 bits per heavy atom. The quantitative estimate of drug-likeness (QED) is 0.675. The molecule has 0 fully saturated rings. The molecule has 2 rings (SSSR count). The average molecular weight is 410 g/mol. The lowest BCUT2D eigenvalue weighted by Gasteiger charge is -2.20. The molecule has 0 aliphatic carbocycles. The first-order valence-electron chi connectivity index (χ1n) is 10.1. The number of amides is 3. The summed E-state index contributed by atoms with van der Waals surface area (Å²) in [6.07, 6.45) is 0. The molecule has 2 aromatic rings. The van der Waals surface area contributed by atoms with Gasteiger partial charge in [-0.25, -0.2) is 0 Å². The number of carbonyl (C=O) groups excluding carboxylic acids is 3. The van der Waals surface area contributed by atoms with E-state index >= 15 is 0 Å². The molecule has 0 aromatic heterocycles. The Balaban J connectivity index is 1.97. The van der Waals surface area contributed by atoms with E-state index in [-0.39, 0.29) is 29.2 Å². The molecule has 6 nitrogen and oxygen atoms in total. The Labute approximate surface area is 178 Å². The SMILES string of the molecule is CC(=O)Nc1cccc(C(C)NC(=O)C(C)NC(=O)c2ccc(C(C)(C)C)cc2)c1. The number of hydrogen-bond donors (Lipinski definition) is 3. The van der Waals surface area contributed by atoms with E-state index in [0.717, 1.165) is 11.1 Å². The van der Waals surface area contributed by atoms with Crippen molar-refractivity contribution in [1.82, 2.24) is 10.6 Å². The normalized spacial score (nSPS) is 13.1. The molecule has 0 saturated heterocycles. The van der Waals surface area contributed by atoms with Gasteiger partial charge in [-0.3, -0.25) is 14.4 Å².